The molecule has 1 spiro atoms. The molecular weight excluding hydrogens is 502 g/mol. The van der Waals surface area contributed by atoms with Gasteiger partial charge in [0, 0.05) is 30.5 Å². The summed E-state index contributed by atoms with van der Waals surface area (Å²) in [7, 11) is 1.76. The molecule has 0 saturated carbocycles. The number of ether oxygens (including phenoxy) is 2. The predicted molar refractivity (Wildman–Crippen MR) is 142 cm³/mol. The van der Waals surface area contributed by atoms with Crippen LogP contribution >= 0.6 is 23.2 Å². The topological polar surface area (TPSA) is 42.0 Å². The summed E-state index contributed by atoms with van der Waals surface area (Å²) in [6, 6.07) is 10.5. The molecular formula is C28H35Cl2FN2O3. The van der Waals surface area contributed by atoms with Gasteiger partial charge >= 0.3 is 6.09 Å². The maximum atomic E-state index is 13.9. The van der Waals surface area contributed by atoms with E-state index in [0.717, 1.165) is 55.8 Å². The molecule has 2 aliphatic heterocycles. The SMILES string of the molecule is CN(C[C@@H](CCN1CCC2(CC1)COc1ccc(F)cc12)c1ccc(Cl)c(Cl)c1)C(=O)OC(C)(C)C. The van der Waals surface area contributed by atoms with E-state index in [0.29, 0.717) is 23.2 Å². The number of likely N-dealkylation sites (N-methyl/N-ethyl adjacent to an activating group) is 1. The van der Waals surface area contributed by atoms with Crippen LogP contribution in [0.15, 0.2) is 36.4 Å². The number of halogens is 3. The number of hydrogen-bond acceptors (Lipinski definition) is 4. The molecule has 36 heavy (non-hydrogen) atoms. The van der Waals surface area contributed by atoms with Gasteiger partial charge in [0.05, 0.1) is 16.7 Å². The molecule has 0 unspecified atom stereocenters. The van der Waals surface area contributed by atoms with Crippen LogP contribution in [-0.4, -0.2) is 61.3 Å². The van der Waals surface area contributed by atoms with E-state index in [1.807, 2.05) is 32.9 Å². The Balaban J connectivity index is 1.41. The van der Waals surface area contributed by atoms with Gasteiger partial charge in [0.2, 0.25) is 0 Å². The van der Waals surface area contributed by atoms with Crippen molar-refractivity contribution in [2.24, 2.45) is 0 Å². The maximum Gasteiger partial charge on any atom is 0.410 e. The number of hydrogen-bond donors (Lipinski definition) is 0. The number of rotatable bonds is 6. The van der Waals surface area contributed by atoms with Crippen molar-refractivity contribution in [1.29, 1.82) is 0 Å². The van der Waals surface area contributed by atoms with Crippen LogP contribution in [0.5, 0.6) is 5.75 Å². The molecule has 8 heteroatoms. The van der Waals surface area contributed by atoms with Crippen molar-refractivity contribution in [3.05, 3.63) is 63.4 Å². The lowest BCUT2D eigenvalue weighted by Gasteiger charge is -2.39. The Bertz CT molecular complexity index is 1100. The third-order valence-corrected chi connectivity index (χ3v) is 7.98. The van der Waals surface area contributed by atoms with Crippen LogP contribution < -0.4 is 4.74 Å². The average molecular weight is 538 g/mol. The Morgan fingerprint density at radius 2 is 1.89 bits per heavy atom. The van der Waals surface area contributed by atoms with E-state index in [1.165, 1.54) is 6.07 Å². The van der Waals surface area contributed by atoms with Crippen LogP contribution in [-0.2, 0) is 10.2 Å². The zero-order valence-electron chi connectivity index (χ0n) is 21.5. The monoisotopic (exact) mass is 536 g/mol. The minimum absolute atomic E-state index is 0.0674. The van der Waals surface area contributed by atoms with Crippen LogP contribution in [0.1, 0.15) is 57.1 Å². The van der Waals surface area contributed by atoms with Crippen molar-refractivity contribution in [3.63, 3.8) is 0 Å². The molecule has 4 rings (SSSR count). The number of nitrogens with zero attached hydrogens (tertiary/aromatic N) is 2. The molecule has 1 fully saturated rings. The van der Waals surface area contributed by atoms with Crippen LogP contribution in [0.25, 0.3) is 0 Å². The summed E-state index contributed by atoms with van der Waals surface area (Å²) >= 11 is 12.5. The third-order valence-electron chi connectivity index (χ3n) is 7.24. The predicted octanol–water partition coefficient (Wildman–Crippen LogP) is 6.90. The van der Waals surface area contributed by atoms with Crippen molar-refractivity contribution < 1.29 is 18.7 Å². The Morgan fingerprint density at radius 3 is 2.56 bits per heavy atom. The molecule has 0 radical (unpaired) electrons. The fraction of sp³-hybridized carbons (Fsp3) is 0.536. The molecule has 2 heterocycles. The summed E-state index contributed by atoms with van der Waals surface area (Å²) < 4.78 is 25.4. The number of carbonyl (C=O) groups excluding carboxylic acids is 1. The molecule has 2 aromatic rings. The van der Waals surface area contributed by atoms with Crippen molar-refractivity contribution in [2.75, 3.05) is 39.8 Å². The van der Waals surface area contributed by atoms with Crippen molar-refractivity contribution in [2.45, 2.75) is 57.0 Å². The van der Waals surface area contributed by atoms with Crippen LogP contribution in [0.4, 0.5) is 9.18 Å². The highest BCUT2D eigenvalue weighted by molar-refractivity contribution is 6.42. The van der Waals surface area contributed by atoms with E-state index in [4.69, 9.17) is 32.7 Å². The van der Waals surface area contributed by atoms with Crippen molar-refractivity contribution in [3.8, 4) is 5.75 Å². The molecule has 0 aliphatic carbocycles. The number of amides is 1. The normalized spacial score (nSPS) is 18.0. The van der Waals surface area contributed by atoms with Gasteiger partial charge in [-0.3, -0.25) is 0 Å². The molecule has 0 aromatic heterocycles. The summed E-state index contributed by atoms with van der Waals surface area (Å²) in [6.45, 7) is 9.41. The first-order valence-electron chi connectivity index (χ1n) is 12.5. The number of piperidine rings is 1. The Labute approximate surface area is 223 Å². The Morgan fingerprint density at radius 1 is 1.17 bits per heavy atom. The quantitative estimate of drug-likeness (QED) is 0.402. The molecule has 1 saturated heterocycles. The fourth-order valence-corrected chi connectivity index (χ4v) is 5.47. The highest BCUT2D eigenvalue weighted by Gasteiger charge is 2.43. The molecule has 5 nitrogen and oxygen atoms in total. The van der Waals surface area contributed by atoms with E-state index in [2.05, 4.69) is 4.90 Å². The zero-order chi connectivity index (χ0) is 26.1. The lowest BCUT2D eigenvalue weighted by atomic mass is 9.74. The van der Waals surface area contributed by atoms with Gasteiger partial charge in [-0.15, -0.1) is 0 Å². The third kappa shape index (κ3) is 6.27. The minimum atomic E-state index is -0.556. The van der Waals surface area contributed by atoms with Gasteiger partial charge in [-0.25, -0.2) is 9.18 Å². The summed E-state index contributed by atoms with van der Waals surface area (Å²) in [5, 5.41) is 1.02. The maximum absolute atomic E-state index is 13.9. The van der Waals surface area contributed by atoms with E-state index >= 15 is 0 Å². The summed E-state index contributed by atoms with van der Waals surface area (Å²) in [5.41, 5.74) is 1.39. The number of likely N-dealkylation sites (tertiary alicyclic amines) is 1. The standard InChI is InChI=1S/C28H35Cl2FN2O3/c1-27(2,3)36-26(34)32(4)17-20(19-5-7-23(29)24(30)15-19)9-12-33-13-10-28(11-14-33)18-35-25-8-6-21(31)16-22(25)28/h5-8,15-16,20H,9-14,17-18H2,1-4H3/t20-/m1/s1. The highest BCUT2D eigenvalue weighted by atomic mass is 35.5. The summed E-state index contributed by atoms with van der Waals surface area (Å²) in [6.07, 6.45) is 2.36. The number of carbonyl (C=O) groups is 1. The molecule has 0 N–H and O–H groups in total. The molecule has 2 aromatic carbocycles. The van der Waals surface area contributed by atoms with Gasteiger partial charge in [0.15, 0.2) is 0 Å². The highest BCUT2D eigenvalue weighted by Crippen LogP contribution is 2.45. The summed E-state index contributed by atoms with van der Waals surface area (Å²) in [5.74, 6) is 0.673. The second-order valence-electron chi connectivity index (χ2n) is 11.1. The fourth-order valence-electron chi connectivity index (χ4n) is 5.17. The van der Waals surface area contributed by atoms with Gasteiger partial charge in [0.1, 0.15) is 17.2 Å². The Hall–Kier alpha value is -2.02. The van der Waals surface area contributed by atoms with Crippen LogP contribution in [0.2, 0.25) is 10.0 Å². The molecule has 1 atom stereocenters. The van der Waals surface area contributed by atoms with Crippen LogP contribution in [0, 0.1) is 5.82 Å². The van der Waals surface area contributed by atoms with Crippen molar-refractivity contribution in [1.82, 2.24) is 9.80 Å². The van der Waals surface area contributed by atoms with Gasteiger partial charge in [-0.1, -0.05) is 29.3 Å². The van der Waals surface area contributed by atoms with Gasteiger partial charge in [-0.05, 0) is 95.6 Å². The van der Waals surface area contributed by atoms with Gasteiger partial charge in [-0.2, -0.15) is 0 Å². The van der Waals surface area contributed by atoms with E-state index in [-0.39, 0.29) is 23.2 Å². The van der Waals surface area contributed by atoms with Crippen LogP contribution in [0.3, 0.4) is 0 Å². The summed E-state index contributed by atoms with van der Waals surface area (Å²) in [4.78, 5) is 16.7. The first-order valence-corrected chi connectivity index (χ1v) is 13.3. The van der Waals surface area contributed by atoms with Gasteiger partial charge < -0.3 is 19.3 Å². The number of fused-ring (bicyclic) bond motifs is 2. The molecule has 196 valence electrons. The second-order valence-corrected chi connectivity index (χ2v) is 11.9. The first-order chi connectivity index (χ1) is 17.0. The van der Waals surface area contributed by atoms with E-state index in [1.54, 1.807) is 30.1 Å². The molecule has 2 aliphatic rings. The zero-order valence-corrected chi connectivity index (χ0v) is 23.0. The largest absolute Gasteiger partial charge is 0.492 e. The van der Waals surface area contributed by atoms with Crippen molar-refractivity contribution >= 4 is 29.3 Å². The van der Waals surface area contributed by atoms with E-state index < -0.39 is 5.60 Å². The smallest absolute Gasteiger partial charge is 0.410 e. The number of benzene rings is 2. The Kier molecular flexibility index (Phi) is 8.08. The molecule has 1 amide bonds. The average Bonchev–Trinajstić information content (AvgIpc) is 3.15. The lowest BCUT2D eigenvalue weighted by molar-refractivity contribution is 0.0284. The van der Waals surface area contributed by atoms with Gasteiger partial charge in [0.25, 0.3) is 0 Å². The minimum Gasteiger partial charge on any atom is -0.492 e. The second kappa shape index (κ2) is 10.8. The first kappa shape index (κ1) is 27.0. The van der Waals surface area contributed by atoms with E-state index in [9.17, 15) is 9.18 Å². The lowest BCUT2D eigenvalue weighted by Crippen LogP contribution is -2.44. The molecule has 0 bridgehead atoms.